The minimum Gasteiger partial charge on any atom is -0.504 e. The van der Waals surface area contributed by atoms with Crippen molar-refractivity contribution in [2.24, 2.45) is 0 Å². The number of aromatic hydroxyl groups is 2. The Hall–Kier alpha value is -1.64. The van der Waals surface area contributed by atoms with E-state index in [1.54, 1.807) is 12.1 Å². The smallest absolute Gasteiger partial charge is 0.159 e. The molecular weight excluding hydrogens is 178 g/mol. The average Bonchev–Trinajstić information content (AvgIpc) is 2.48. The predicted octanol–water partition coefficient (Wildman–Crippen LogP) is 2.53. The van der Waals surface area contributed by atoms with Crippen molar-refractivity contribution in [3.63, 3.8) is 0 Å². The number of nitrogens with one attached hydrogen (secondary N) is 1. The van der Waals surface area contributed by atoms with Crippen molar-refractivity contribution in [2.45, 2.75) is 19.8 Å². The van der Waals surface area contributed by atoms with Crippen molar-refractivity contribution in [2.75, 3.05) is 0 Å². The van der Waals surface area contributed by atoms with Gasteiger partial charge in [-0.25, -0.2) is 0 Å². The molecule has 0 aliphatic carbocycles. The molecule has 0 radical (unpaired) electrons. The van der Waals surface area contributed by atoms with E-state index in [1.807, 2.05) is 6.07 Å². The van der Waals surface area contributed by atoms with Crippen LogP contribution in [-0.4, -0.2) is 15.2 Å². The summed E-state index contributed by atoms with van der Waals surface area (Å²) in [6.07, 6.45) is 2.06. The van der Waals surface area contributed by atoms with E-state index < -0.39 is 0 Å². The third kappa shape index (κ3) is 1.41. The Morgan fingerprint density at radius 2 is 1.86 bits per heavy atom. The van der Waals surface area contributed by atoms with E-state index in [2.05, 4.69) is 11.9 Å². The molecule has 3 heteroatoms. The molecule has 0 bridgehead atoms. The minimum atomic E-state index is -0.0811. The topological polar surface area (TPSA) is 56.2 Å². The number of aromatic amines is 1. The van der Waals surface area contributed by atoms with E-state index in [1.165, 1.54) is 0 Å². The molecule has 74 valence electrons. The van der Waals surface area contributed by atoms with Crippen LogP contribution in [0.3, 0.4) is 0 Å². The van der Waals surface area contributed by atoms with Gasteiger partial charge in [-0.1, -0.05) is 13.3 Å². The zero-order chi connectivity index (χ0) is 10.1. The van der Waals surface area contributed by atoms with Crippen LogP contribution >= 0.6 is 0 Å². The molecule has 0 amide bonds. The number of H-pyrrole nitrogens is 1. The fraction of sp³-hybridized carbons (Fsp3) is 0.273. The zero-order valence-electron chi connectivity index (χ0n) is 8.04. The highest BCUT2D eigenvalue weighted by molar-refractivity contribution is 5.84. The number of hydrogen-bond acceptors (Lipinski definition) is 2. The van der Waals surface area contributed by atoms with Gasteiger partial charge in [0, 0.05) is 22.7 Å². The van der Waals surface area contributed by atoms with Crippen molar-refractivity contribution in [3.8, 4) is 11.5 Å². The predicted molar refractivity (Wildman–Crippen MR) is 55.6 cm³/mol. The summed E-state index contributed by atoms with van der Waals surface area (Å²) in [5, 5.41) is 19.5. The van der Waals surface area contributed by atoms with Gasteiger partial charge in [0.1, 0.15) is 0 Å². The number of fused-ring (bicyclic) bond motifs is 1. The van der Waals surface area contributed by atoms with Crippen LogP contribution in [0.15, 0.2) is 18.2 Å². The zero-order valence-corrected chi connectivity index (χ0v) is 8.04. The molecular formula is C11H13NO2. The van der Waals surface area contributed by atoms with Crippen molar-refractivity contribution >= 4 is 10.9 Å². The van der Waals surface area contributed by atoms with Crippen LogP contribution in [-0.2, 0) is 6.42 Å². The van der Waals surface area contributed by atoms with Crippen LogP contribution in [0.5, 0.6) is 11.5 Å². The second kappa shape index (κ2) is 3.25. The number of rotatable bonds is 2. The lowest BCUT2D eigenvalue weighted by atomic mass is 10.2. The molecule has 0 spiro atoms. The Bertz CT molecular complexity index is 421. The van der Waals surface area contributed by atoms with Crippen LogP contribution in [0.25, 0.3) is 10.9 Å². The molecule has 0 saturated heterocycles. The standard InChI is InChI=1S/C11H13NO2/c1-2-3-8-4-7-5-10(13)11(14)6-9(7)12-8/h4-6,12-14H,2-3H2,1H3. The summed E-state index contributed by atoms with van der Waals surface area (Å²) in [5.41, 5.74) is 2.00. The van der Waals surface area contributed by atoms with Gasteiger partial charge in [-0.2, -0.15) is 0 Å². The van der Waals surface area contributed by atoms with Crippen molar-refractivity contribution in [1.29, 1.82) is 0 Å². The Morgan fingerprint density at radius 3 is 2.57 bits per heavy atom. The molecule has 2 rings (SSSR count). The first kappa shape index (κ1) is 8.94. The van der Waals surface area contributed by atoms with Crippen molar-refractivity contribution < 1.29 is 10.2 Å². The van der Waals surface area contributed by atoms with Gasteiger partial charge in [0.2, 0.25) is 0 Å². The molecule has 0 fully saturated rings. The molecule has 0 aliphatic rings. The van der Waals surface area contributed by atoms with Crippen LogP contribution in [0.2, 0.25) is 0 Å². The summed E-state index contributed by atoms with van der Waals surface area (Å²) in [6.45, 7) is 2.11. The number of phenolic OH excluding ortho intramolecular Hbond substituents is 2. The first-order valence-corrected chi connectivity index (χ1v) is 4.74. The highest BCUT2D eigenvalue weighted by Gasteiger charge is 2.05. The summed E-state index contributed by atoms with van der Waals surface area (Å²) in [4.78, 5) is 3.19. The summed E-state index contributed by atoms with van der Waals surface area (Å²) < 4.78 is 0. The molecule has 0 aliphatic heterocycles. The van der Waals surface area contributed by atoms with Gasteiger partial charge in [-0.15, -0.1) is 0 Å². The first-order chi connectivity index (χ1) is 6.70. The molecule has 2 aromatic rings. The van der Waals surface area contributed by atoms with E-state index in [-0.39, 0.29) is 11.5 Å². The van der Waals surface area contributed by atoms with E-state index >= 15 is 0 Å². The summed E-state index contributed by atoms with van der Waals surface area (Å²) in [7, 11) is 0. The number of aromatic nitrogens is 1. The first-order valence-electron chi connectivity index (χ1n) is 4.74. The molecule has 3 N–H and O–H groups in total. The molecule has 0 unspecified atom stereocenters. The van der Waals surface area contributed by atoms with Crippen molar-refractivity contribution in [3.05, 3.63) is 23.9 Å². The summed E-state index contributed by atoms with van der Waals surface area (Å²) in [5.74, 6) is -0.151. The fourth-order valence-electron chi connectivity index (χ4n) is 1.62. The van der Waals surface area contributed by atoms with Crippen LogP contribution < -0.4 is 0 Å². The second-order valence-electron chi connectivity index (χ2n) is 3.47. The molecule has 1 heterocycles. The number of aryl methyl sites for hydroxylation is 1. The van der Waals surface area contributed by atoms with E-state index in [4.69, 9.17) is 0 Å². The molecule has 14 heavy (non-hydrogen) atoms. The van der Waals surface area contributed by atoms with Gasteiger partial charge in [-0.3, -0.25) is 0 Å². The molecule has 3 nitrogen and oxygen atoms in total. The molecule has 0 saturated carbocycles. The van der Waals surface area contributed by atoms with E-state index in [0.29, 0.717) is 0 Å². The Labute approximate surface area is 82.0 Å². The van der Waals surface area contributed by atoms with Gasteiger partial charge < -0.3 is 15.2 Å². The van der Waals surface area contributed by atoms with Gasteiger partial charge in [0.05, 0.1) is 0 Å². The molecule has 1 aromatic heterocycles. The van der Waals surface area contributed by atoms with E-state index in [9.17, 15) is 10.2 Å². The normalized spacial score (nSPS) is 10.9. The Balaban J connectivity index is 2.54. The SMILES string of the molecule is CCCc1cc2cc(O)c(O)cc2[nH]1. The second-order valence-corrected chi connectivity index (χ2v) is 3.47. The highest BCUT2D eigenvalue weighted by atomic mass is 16.3. The van der Waals surface area contributed by atoms with Gasteiger partial charge in [-0.05, 0) is 18.6 Å². The average molecular weight is 191 g/mol. The maximum Gasteiger partial charge on any atom is 0.159 e. The van der Waals surface area contributed by atoms with Crippen LogP contribution in [0, 0.1) is 0 Å². The van der Waals surface area contributed by atoms with Crippen LogP contribution in [0.1, 0.15) is 19.0 Å². The molecule has 1 aromatic carbocycles. The van der Waals surface area contributed by atoms with Gasteiger partial charge in [0.15, 0.2) is 11.5 Å². The quantitative estimate of drug-likeness (QED) is 0.639. The summed E-state index contributed by atoms with van der Waals surface area (Å²) >= 11 is 0. The number of benzene rings is 1. The number of hydrogen-bond donors (Lipinski definition) is 3. The fourth-order valence-corrected chi connectivity index (χ4v) is 1.62. The lowest BCUT2D eigenvalue weighted by Gasteiger charge is -1.95. The third-order valence-corrected chi connectivity index (χ3v) is 2.29. The van der Waals surface area contributed by atoms with Crippen LogP contribution in [0.4, 0.5) is 0 Å². The number of phenols is 2. The highest BCUT2D eigenvalue weighted by Crippen LogP contribution is 2.30. The molecule has 0 atom stereocenters. The van der Waals surface area contributed by atoms with E-state index in [0.717, 1.165) is 29.4 Å². The minimum absolute atomic E-state index is 0.0699. The Kier molecular flexibility index (Phi) is 2.08. The lowest BCUT2D eigenvalue weighted by Crippen LogP contribution is -1.79. The lowest BCUT2D eigenvalue weighted by molar-refractivity contribution is 0.405. The largest absolute Gasteiger partial charge is 0.504 e. The monoisotopic (exact) mass is 191 g/mol. The third-order valence-electron chi connectivity index (χ3n) is 2.29. The maximum absolute atomic E-state index is 9.29. The van der Waals surface area contributed by atoms with Crippen molar-refractivity contribution in [1.82, 2.24) is 4.98 Å². The summed E-state index contributed by atoms with van der Waals surface area (Å²) in [6, 6.07) is 5.11. The van der Waals surface area contributed by atoms with Gasteiger partial charge in [0.25, 0.3) is 0 Å². The maximum atomic E-state index is 9.29. The van der Waals surface area contributed by atoms with Gasteiger partial charge >= 0.3 is 0 Å². The Morgan fingerprint density at radius 1 is 1.14 bits per heavy atom.